The number of likely N-dealkylation sites (tertiary alicyclic amines) is 1. The molecule has 6 heteroatoms. The Labute approximate surface area is 150 Å². The Bertz CT molecular complexity index is 603. The van der Waals surface area contributed by atoms with E-state index in [-0.39, 0.29) is 11.9 Å². The molecule has 1 aromatic carbocycles. The maximum Gasteiger partial charge on any atom is 0.229 e. The minimum atomic E-state index is 0.0877. The summed E-state index contributed by atoms with van der Waals surface area (Å²) < 4.78 is 0. The van der Waals surface area contributed by atoms with Crippen LogP contribution in [0.4, 0.5) is 5.69 Å². The fourth-order valence-corrected chi connectivity index (χ4v) is 3.81. The summed E-state index contributed by atoms with van der Waals surface area (Å²) in [7, 11) is 1.79. The number of likely N-dealkylation sites (N-methyl/N-ethyl adjacent to an activating group) is 1. The van der Waals surface area contributed by atoms with Gasteiger partial charge in [-0.2, -0.15) is 0 Å². The molecule has 2 aliphatic heterocycles. The molecule has 1 aromatic rings. The highest BCUT2D eigenvalue weighted by molar-refractivity contribution is 5.97. The second-order valence-electron chi connectivity index (χ2n) is 6.76. The summed E-state index contributed by atoms with van der Waals surface area (Å²) in [4.78, 5) is 21.0. The van der Waals surface area contributed by atoms with Crippen LogP contribution >= 0.6 is 0 Å². The van der Waals surface area contributed by atoms with Gasteiger partial charge in [0.15, 0.2) is 5.96 Å². The predicted octanol–water partition coefficient (Wildman–Crippen LogP) is 1.44. The summed E-state index contributed by atoms with van der Waals surface area (Å²) in [6.07, 6.45) is 3.01. The number of hydrogen-bond donors (Lipinski definition) is 2. The smallest absolute Gasteiger partial charge is 0.229 e. The third-order valence-electron chi connectivity index (χ3n) is 5.17. The van der Waals surface area contributed by atoms with Crippen LogP contribution in [-0.4, -0.2) is 62.1 Å². The van der Waals surface area contributed by atoms with Crippen LogP contribution in [0.1, 0.15) is 26.2 Å². The first kappa shape index (κ1) is 17.7. The first-order chi connectivity index (χ1) is 12.2. The van der Waals surface area contributed by atoms with E-state index >= 15 is 0 Å². The highest BCUT2D eigenvalue weighted by atomic mass is 16.2. The Balaban J connectivity index is 1.52. The Hall–Kier alpha value is -2.08. The van der Waals surface area contributed by atoms with Gasteiger partial charge in [0, 0.05) is 38.3 Å². The van der Waals surface area contributed by atoms with E-state index in [0.29, 0.717) is 19.0 Å². The van der Waals surface area contributed by atoms with Gasteiger partial charge in [0.25, 0.3) is 0 Å². The molecular formula is C19H29N5O. The van der Waals surface area contributed by atoms with Crippen molar-refractivity contribution in [2.24, 2.45) is 4.99 Å². The van der Waals surface area contributed by atoms with Crippen LogP contribution < -0.4 is 15.5 Å². The van der Waals surface area contributed by atoms with Crippen molar-refractivity contribution in [1.29, 1.82) is 0 Å². The zero-order chi connectivity index (χ0) is 17.6. The van der Waals surface area contributed by atoms with E-state index in [1.165, 1.54) is 19.4 Å². The molecular weight excluding hydrogens is 314 g/mol. The maximum atomic E-state index is 12.3. The topological polar surface area (TPSA) is 60.0 Å². The molecule has 0 saturated carbocycles. The molecule has 2 heterocycles. The van der Waals surface area contributed by atoms with Crippen molar-refractivity contribution in [3.8, 4) is 0 Å². The summed E-state index contributed by atoms with van der Waals surface area (Å²) >= 11 is 0. The van der Waals surface area contributed by atoms with Crippen molar-refractivity contribution in [2.45, 2.75) is 38.3 Å². The number of aliphatic imine (C=N–C) groups is 1. The fourth-order valence-electron chi connectivity index (χ4n) is 3.81. The molecule has 6 nitrogen and oxygen atoms in total. The summed E-state index contributed by atoms with van der Waals surface area (Å²) in [5.74, 6) is 0.947. The number of nitrogens with one attached hydrogen (secondary N) is 2. The van der Waals surface area contributed by atoms with Crippen molar-refractivity contribution in [1.82, 2.24) is 15.5 Å². The Morgan fingerprint density at radius 2 is 2.12 bits per heavy atom. The number of amides is 1. The maximum absolute atomic E-state index is 12.3. The monoisotopic (exact) mass is 343 g/mol. The fraction of sp³-hybridized carbons (Fsp3) is 0.579. The number of carbonyl (C=O) groups excluding carboxylic acids is 1. The van der Waals surface area contributed by atoms with Crippen molar-refractivity contribution >= 4 is 17.6 Å². The molecule has 2 saturated heterocycles. The number of anilines is 1. The highest BCUT2D eigenvalue weighted by Gasteiger charge is 2.31. The van der Waals surface area contributed by atoms with E-state index in [0.717, 1.165) is 24.7 Å². The molecule has 2 fully saturated rings. The lowest BCUT2D eigenvalue weighted by Crippen LogP contribution is -2.48. The molecule has 0 spiro atoms. The summed E-state index contributed by atoms with van der Waals surface area (Å²) in [5, 5.41) is 6.85. The number of para-hydroxylation sites is 1. The minimum absolute atomic E-state index is 0.0877. The van der Waals surface area contributed by atoms with Gasteiger partial charge in [-0.3, -0.25) is 14.7 Å². The van der Waals surface area contributed by atoms with Gasteiger partial charge in [-0.25, -0.2) is 0 Å². The third kappa shape index (κ3) is 4.31. The zero-order valence-electron chi connectivity index (χ0n) is 15.2. The summed E-state index contributed by atoms with van der Waals surface area (Å²) in [6, 6.07) is 10.5. The van der Waals surface area contributed by atoms with E-state index in [9.17, 15) is 4.79 Å². The standard InChI is InChI=1S/C19H29N5O/c1-3-23-11-7-10-17(23)13-21-19(20-2)22-15-12-18(25)24(14-15)16-8-5-4-6-9-16/h4-6,8-9,15,17H,3,7,10-14H2,1-2H3,(H2,20,21,22). The minimum Gasteiger partial charge on any atom is -0.355 e. The number of guanidine groups is 1. The third-order valence-corrected chi connectivity index (χ3v) is 5.17. The van der Waals surface area contributed by atoms with Gasteiger partial charge in [-0.1, -0.05) is 25.1 Å². The predicted molar refractivity (Wildman–Crippen MR) is 102 cm³/mol. The quantitative estimate of drug-likeness (QED) is 0.627. The van der Waals surface area contributed by atoms with Crippen molar-refractivity contribution in [3.05, 3.63) is 30.3 Å². The van der Waals surface area contributed by atoms with Crippen LogP contribution in [0.5, 0.6) is 0 Å². The van der Waals surface area contributed by atoms with Gasteiger partial charge in [0.05, 0.1) is 6.04 Å². The van der Waals surface area contributed by atoms with Gasteiger partial charge in [-0.15, -0.1) is 0 Å². The van der Waals surface area contributed by atoms with Crippen LogP contribution in [0.25, 0.3) is 0 Å². The second-order valence-corrected chi connectivity index (χ2v) is 6.76. The highest BCUT2D eigenvalue weighted by Crippen LogP contribution is 2.21. The molecule has 0 aliphatic carbocycles. The second kappa shape index (κ2) is 8.34. The molecule has 2 N–H and O–H groups in total. The van der Waals surface area contributed by atoms with Gasteiger partial charge in [0.2, 0.25) is 5.91 Å². The van der Waals surface area contributed by atoms with Gasteiger partial charge >= 0.3 is 0 Å². The van der Waals surface area contributed by atoms with Gasteiger partial charge in [0.1, 0.15) is 0 Å². The largest absolute Gasteiger partial charge is 0.355 e. The molecule has 3 rings (SSSR count). The normalized spacial score (nSPS) is 24.8. The zero-order valence-corrected chi connectivity index (χ0v) is 15.2. The first-order valence-electron chi connectivity index (χ1n) is 9.28. The van der Waals surface area contributed by atoms with Crippen molar-refractivity contribution in [2.75, 3.05) is 38.1 Å². The number of nitrogens with zero attached hydrogens (tertiary/aromatic N) is 3. The van der Waals surface area contributed by atoms with Crippen LogP contribution in [-0.2, 0) is 4.79 Å². The molecule has 136 valence electrons. The lowest BCUT2D eigenvalue weighted by Gasteiger charge is -2.25. The van der Waals surface area contributed by atoms with E-state index in [4.69, 9.17) is 0 Å². The number of rotatable bonds is 5. The van der Waals surface area contributed by atoms with Gasteiger partial charge in [-0.05, 0) is 38.1 Å². The van der Waals surface area contributed by atoms with Crippen LogP contribution in [0, 0.1) is 0 Å². The average molecular weight is 343 g/mol. The van der Waals surface area contributed by atoms with Crippen molar-refractivity contribution < 1.29 is 4.79 Å². The van der Waals surface area contributed by atoms with Crippen molar-refractivity contribution in [3.63, 3.8) is 0 Å². The van der Waals surface area contributed by atoms with Gasteiger partial charge < -0.3 is 15.5 Å². The Morgan fingerprint density at radius 3 is 2.84 bits per heavy atom. The van der Waals surface area contributed by atoms with Crippen LogP contribution in [0.15, 0.2) is 35.3 Å². The van der Waals surface area contributed by atoms with E-state index in [1.54, 1.807) is 7.05 Å². The van der Waals surface area contributed by atoms with Crippen LogP contribution in [0.3, 0.4) is 0 Å². The molecule has 1 amide bonds. The Kier molecular flexibility index (Phi) is 5.91. The van der Waals surface area contributed by atoms with E-state index in [2.05, 4.69) is 27.4 Å². The molecule has 0 bridgehead atoms. The lowest BCUT2D eigenvalue weighted by molar-refractivity contribution is -0.117. The number of hydrogen-bond acceptors (Lipinski definition) is 3. The summed E-state index contributed by atoms with van der Waals surface area (Å²) in [5.41, 5.74) is 0.962. The molecule has 2 atom stereocenters. The number of carbonyl (C=O) groups is 1. The number of benzene rings is 1. The van der Waals surface area contributed by atoms with E-state index < -0.39 is 0 Å². The molecule has 25 heavy (non-hydrogen) atoms. The average Bonchev–Trinajstić information content (AvgIpc) is 3.25. The Morgan fingerprint density at radius 1 is 1.32 bits per heavy atom. The molecule has 2 unspecified atom stereocenters. The molecule has 0 aromatic heterocycles. The lowest BCUT2D eigenvalue weighted by atomic mass is 10.2. The molecule has 2 aliphatic rings. The molecule has 0 radical (unpaired) electrons. The SMILES string of the molecule is CCN1CCCC1CNC(=NC)NC1CC(=O)N(c2ccccc2)C1. The summed E-state index contributed by atoms with van der Waals surface area (Å²) in [6.45, 7) is 6.08. The van der Waals surface area contributed by atoms with E-state index in [1.807, 2.05) is 35.2 Å². The first-order valence-corrected chi connectivity index (χ1v) is 9.28. The van der Waals surface area contributed by atoms with Crippen LogP contribution in [0.2, 0.25) is 0 Å².